The number of anilines is 2. The highest BCUT2D eigenvalue weighted by atomic mass is 32.1. The molecule has 2 heterocycles. The van der Waals surface area contributed by atoms with Gasteiger partial charge in [-0.1, -0.05) is 29.5 Å². The van der Waals surface area contributed by atoms with Gasteiger partial charge in [0.1, 0.15) is 11.3 Å². The average molecular weight is 404 g/mol. The Bertz CT molecular complexity index is 1190. The minimum absolute atomic E-state index is 0.148. The first kappa shape index (κ1) is 18.6. The van der Waals surface area contributed by atoms with Crippen LogP contribution in [0.2, 0.25) is 0 Å². The first-order valence-corrected chi connectivity index (χ1v) is 9.57. The summed E-state index contributed by atoms with van der Waals surface area (Å²) in [7, 11) is 0. The zero-order valence-corrected chi connectivity index (χ0v) is 16.2. The molecule has 0 fully saturated rings. The Balaban J connectivity index is 1.56. The van der Waals surface area contributed by atoms with Crippen LogP contribution in [0.4, 0.5) is 10.8 Å². The molecule has 0 saturated heterocycles. The van der Waals surface area contributed by atoms with Crippen molar-refractivity contribution < 1.29 is 14.3 Å². The molecule has 4 rings (SSSR count). The lowest BCUT2D eigenvalue weighted by Crippen LogP contribution is -2.13. The number of carbonyl (C=O) groups excluding carboxylic acids is 2. The summed E-state index contributed by atoms with van der Waals surface area (Å²) in [6.45, 7) is 1.45. The van der Waals surface area contributed by atoms with Gasteiger partial charge in [-0.25, -0.2) is 9.97 Å². The number of thiazole rings is 1. The minimum Gasteiger partial charge on any atom is -0.438 e. The molecular weight excluding hydrogens is 388 g/mol. The van der Waals surface area contributed by atoms with Gasteiger partial charge in [0.15, 0.2) is 5.13 Å². The fourth-order valence-corrected chi connectivity index (χ4v) is 3.57. The topological polar surface area (TPSA) is 93.2 Å². The Hall–Kier alpha value is -3.78. The second-order valence-electron chi connectivity index (χ2n) is 6.11. The van der Waals surface area contributed by atoms with E-state index in [2.05, 4.69) is 20.6 Å². The standard InChI is InChI=1S/C21H16N4O3S/c1-13(26)23-14-9-10-17-18(12-14)29-21(24-17)25-19(27)16-8-5-11-22-20(16)28-15-6-3-2-4-7-15/h2-12H,1H3,(H,23,26)(H,24,25,27). The fraction of sp³-hybridized carbons (Fsp3) is 0.0476. The number of aromatic nitrogens is 2. The Morgan fingerprint density at radius 2 is 1.83 bits per heavy atom. The zero-order valence-electron chi connectivity index (χ0n) is 15.4. The van der Waals surface area contributed by atoms with Crippen LogP contribution in [0.15, 0.2) is 66.9 Å². The van der Waals surface area contributed by atoms with E-state index >= 15 is 0 Å². The quantitative estimate of drug-likeness (QED) is 0.503. The van der Waals surface area contributed by atoms with Gasteiger partial charge >= 0.3 is 0 Å². The number of pyridine rings is 1. The summed E-state index contributed by atoms with van der Waals surface area (Å²) in [6.07, 6.45) is 1.57. The second kappa shape index (κ2) is 8.07. The van der Waals surface area contributed by atoms with Gasteiger partial charge in [0, 0.05) is 18.8 Å². The number of ether oxygens (including phenoxy) is 1. The first-order chi connectivity index (χ1) is 14.1. The number of benzene rings is 2. The molecule has 2 amide bonds. The summed E-state index contributed by atoms with van der Waals surface area (Å²) in [5, 5.41) is 5.97. The summed E-state index contributed by atoms with van der Waals surface area (Å²) in [6, 6.07) is 17.8. The summed E-state index contributed by atoms with van der Waals surface area (Å²) in [5.74, 6) is 0.283. The van der Waals surface area contributed by atoms with E-state index < -0.39 is 0 Å². The van der Waals surface area contributed by atoms with Gasteiger partial charge in [-0.3, -0.25) is 14.9 Å². The van der Waals surface area contributed by atoms with E-state index in [1.54, 1.807) is 42.6 Å². The van der Waals surface area contributed by atoms with E-state index in [1.807, 2.05) is 24.3 Å². The van der Waals surface area contributed by atoms with Crippen LogP contribution in [0.1, 0.15) is 17.3 Å². The van der Waals surface area contributed by atoms with Crippen LogP contribution in [0.5, 0.6) is 11.6 Å². The number of amides is 2. The molecule has 0 aliphatic rings. The number of fused-ring (bicyclic) bond motifs is 1. The van der Waals surface area contributed by atoms with E-state index in [9.17, 15) is 9.59 Å². The number of nitrogens with one attached hydrogen (secondary N) is 2. The number of nitrogens with zero attached hydrogens (tertiary/aromatic N) is 2. The Labute approximate surface area is 170 Å². The lowest BCUT2D eigenvalue weighted by molar-refractivity contribution is -0.114. The van der Waals surface area contributed by atoms with Gasteiger partial charge in [0.05, 0.1) is 10.2 Å². The van der Waals surface area contributed by atoms with Gasteiger partial charge in [-0.15, -0.1) is 0 Å². The smallest absolute Gasteiger partial charge is 0.262 e. The molecule has 29 heavy (non-hydrogen) atoms. The van der Waals surface area contributed by atoms with Crippen LogP contribution in [0, 0.1) is 0 Å². The van der Waals surface area contributed by atoms with Crippen molar-refractivity contribution in [1.82, 2.24) is 9.97 Å². The van der Waals surface area contributed by atoms with Crippen molar-refractivity contribution in [1.29, 1.82) is 0 Å². The molecule has 0 aliphatic carbocycles. The predicted molar refractivity (Wildman–Crippen MR) is 113 cm³/mol. The van der Waals surface area contributed by atoms with E-state index in [1.165, 1.54) is 18.3 Å². The maximum Gasteiger partial charge on any atom is 0.262 e. The van der Waals surface area contributed by atoms with Crippen LogP contribution in [-0.4, -0.2) is 21.8 Å². The third-order valence-electron chi connectivity index (χ3n) is 3.90. The number of para-hydroxylation sites is 1. The highest BCUT2D eigenvalue weighted by molar-refractivity contribution is 7.22. The molecule has 0 aliphatic heterocycles. The van der Waals surface area contributed by atoms with Gasteiger partial charge in [0.2, 0.25) is 11.8 Å². The monoisotopic (exact) mass is 404 g/mol. The molecule has 0 bridgehead atoms. The fourth-order valence-electron chi connectivity index (χ4n) is 2.67. The number of carbonyl (C=O) groups is 2. The van der Waals surface area contributed by atoms with Crippen LogP contribution < -0.4 is 15.4 Å². The van der Waals surface area contributed by atoms with Gasteiger partial charge < -0.3 is 10.1 Å². The molecule has 0 saturated carbocycles. The van der Waals surface area contributed by atoms with E-state index in [-0.39, 0.29) is 17.7 Å². The Morgan fingerprint density at radius 1 is 1.00 bits per heavy atom. The maximum absolute atomic E-state index is 12.8. The first-order valence-electron chi connectivity index (χ1n) is 8.76. The van der Waals surface area contributed by atoms with E-state index in [4.69, 9.17) is 4.74 Å². The van der Waals surface area contributed by atoms with Crippen LogP contribution >= 0.6 is 11.3 Å². The Kier molecular flexibility index (Phi) is 5.17. The number of hydrogen-bond donors (Lipinski definition) is 2. The molecule has 2 aromatic carbocycles. The zero-order chi connectivity index (χ0) is 20.2. The highest BCUT2D eigenvalue weighted by Gasteiger charge is 2.16. The molecule has 4 aromatic rings. The summed E-state index contributed by atoms with van der Waals surface area (Å²) < 4.78 is 6.60. The molecule has 8 heteroatoms. The third-order valence-corrected chi connectivity index (χ3v) is 4.84. The van der Waals surface area contributed by atoms with Crippen molar-refractivity contribution in [2.24, 2.45) is 0 Å². The molecule has 0 atom stereocenters. The van der Waals surface area contributed by atoms with Gasteiger partial charge in [0.25, 0.3) is 5.91 Å². The van der Waals surface area contributed by atoms with Crippen LogP contribution in [0.3, 0.4) is 0 Å². The normalized spacial score (nSPS) is 10.5. The largest absolute Gasteiger partial charge is 0.438 e. The highest BCUT2D eigenvalue weighted by Crippen LogP contribution is 2.30. The number of hydrogen-bond acceptors (Lipinski definition) is 6. The van der Waals surface area contributed by atoms with Crippen molar-refractivity contribution in [3.05, 3.63) is 72.4 Å². The summed E-state index contributed by atoms with van der Waals surface area (Å²) in [4.78, 5) is 32.6. The molecule has 2 aromatic heterocycles. The molecule has 0 spiro atoms. The molecule has 0 radical (unpaired) electrons. The molecular formula is C21H16N4O3S. The molecule has 0 unspecified atom stereocenters. The van der Waals surface area contributed by atoms with Crippen molar-refractivity contribution in [3.8, 4) is 11.6 Å². The van der Waals surface area contributed by atoms with Crippen molar-refractivity contribution >= 4 is 44.2 Å². The van der Waals surface area contributed by atoms with E-state index in [0.717, 1.165) is 10.2 Å². The number of rotatable bonds is 5. The molecule has 7 nitrogen and oxygen atoms in total. The third kappa shape index (κ3) is 4.39. The summed E-state index contributed by atoms with van der Waals surface area (Å²) in [5.41, 5.74) is 1.71. The maximum atomic E-state index is 12.8. The van der Waals surface area contributed by atoms with Gasteiger partial charge in [-0.05, 0) is 42.5 Å². The van der Waals surface area contributed by atoms with E-state index in [0.29, 0.717) is 22.1 Å². The lowest BCUT2D eigenvalue weighted by Gasteiger charge is -2.09. The van der Waals surface area contributed by atoms with Crippen LogP contribution in [-0.2, 0) is 4.79 Å². The van der Waals surface area contributed by atoms with Crippen molar-refractivity contribution in [2.45, 2.75) is 6.92 Å². The van der Waals surface area contributed by atoms with Crippen molar-refractivity contribution in [2.75, 3.05) is 10.6 Å². The van der Waals surface area contributed by atoms with Crippen molar-refractivity contribution in [3.63, 3.8) is 0 Å². The van der Waals surface area contributed by atoms with Crippen LogP contribution in [0.25, 0.3) is 10.2 Å². The molecule has 144 valence electrons. The Morgan fingerprint density at radius 3 is 2.62 bits per heavy atom. The molecule has 2 N–H and O–H groups in total. The van der Waals surface area contributed by atoms with Gasteiger partial charge in [-0.2, -0.15) is 0 Å². The average Bonchev–Trinajstić information content (AvgIpc) is 3.10. The predicted octanol–water partition coefficient (Wildman–Crippen LogP) is 4.69. The SMILES string of the molecule is CC(=O)Nc1ccc2nc(NC(=O)c3cccnc3Oc3ccccc3)sc2c1. The minimum atomic E-state index is -0.370. The second-order valence-corrected chi connectivity index (χ2v) is 7.14. The lowest BCUT2D eigenvalue weighted by atomic mass is 10.2. The summed E-state index contributed by atoms with van der Waals surface area (Å²) >= 11 is 1.32.